The van der Waals surface area contributed by atoms with Crippen LogP contribution in [0.1, 0.15) is 12.8 Å². The summed E-state index contributed by atoms with van der Waals surface area (Å²) in [5.41, 5.74) is -0.507. The normalized spacial score (nSPS) is 24.6. The van der Waals surface area contributed by atoms with Crippen molar-refractivity contribution in [3.63, 3.8) is 0 Å². The SMILES string of the molecule is OC1(COI)CC[SH+]CC1. The topological polar surface area (TPSA) is 29.5 Å². The van der Waals surface area contributed by atoms with Gasteiger partial charge in [0, 0.05) is 12.8 Å². The van der Waals surface area contributed by atoms with Crippen molar-refractivity contribution >= 4 is 34.8 Å². The van der Waals surface area contributed by atoms with E-state index in [1.807, 2.05) is 23.0 Å². The Morgan fingerprint density at radius 1 is 1.50 bits per heavy atom. The first-order valence-electron chi connectivity index (χ1n) is 3.36. The van der Waals surface area contributed by atoms with E-state index in [-0.39, 0.29) is 0 Å². The summed E-state index contributed by atoms with van der Waals surface area (Å²) in [6.45, 7) is 0.489. The van der Waals surface area contributed by atoms with Gasteiger partial charge < -0.3 is 8.17 Å². The summed E-state index contributed by atoms with van der Waals surface area (Å²) < 4.78 is 4.90. The maximum atomic E-state index is 9.74. The fourth-order valence-corrected chi connectivity index (χ4v) is 3.01. The summed E-state index contributed by atoms with van der Waals surface area (Å²) in [4.78, 5) is 0. The second-order valence-electron chi connectivity index (χ2n) is 2.65. The van der Waals surface area contributed by atoms with Gasteiger partial charge in [-0.15, -0.1) is 0 Å². The predicted molar refractivity (Wildman–Crippen MR) is 52.6 cm³/mol. The molecule has 1 N–H and O–H groups in total. The molecule has 0 aliphatic carbocycles. The summed E-state index contributed by atoms with van der Waals surface area (Å²) in [6, 6.07) is 0. The molecule has 1 aliphatic rings. The standard InChI is InChI=1S/C6H11IO2S/c7-9-5-6(8)1-3-10-4-2-6/h8H,1-5H2/p+1. The minimum absolute atomic E-state index is 0.489. The third kappa shape index (κ3) is 2.56. The number of aliphatic hydroxyl groups is 1. The Balaban J connectivity index is 2.32. The van der Waals surface area contributed by atoms with Gasteiger partial charge in [-0.1, -0.05) is 0 Å². The Hall–Kier alpha value is 1.00. The van der Waals surface area contributed by atoms with Gasteiger partial charge >= 0.3 is 0 Å². The zero-order valence-electron chi connectivity index (χ0n) is 5.72. The molecular weight excluding hydrogens is 263 g/mol. The van der Waals surface area contributed by atoms with Crippen molar-refractivity contribution in [1.29, 1.82) is 0 Å². The third-order valence-electron chi connectivity index (χ3n) is 1.79. The van der Waals surface area contributed by atoms with Gasteiger partial charge in [-0.05, 0) is 11.8 Å². The molecule has 60 valence electrons. The summed E-state index contributed by atoms with van der Waals surface area (Å²) in [5, 5.41) is 9.74. The van der Waals surface area contributed by atoms with E-state index in [1.165, 1.54) is 11.8 Å². The Morgan fingerprint density at radius 2 is 2.10 bits per heavy atom. The Morgan fingerprint density at radius 3 is 2.60 bits per heavy atom. The minimum Gasteiger partial charge on any atom is -0.387 e. The van der Waals surface area contributed by atoms with E-state index < -0.39 is 5.60 Å². The van der Waals surface area contributed by atoms with Crippen LogP contribution in [0.2, 0.25) is 0 Å². The van der Waals surface area contributed by atoms with Crippen molar-refractivity contribution in [3.05, 3.63) is 0 Å². The van der Waals surface area contributed by atoms with Crippen molar-refractivity contribution in [2.75, 3.05) is 18.1 Å². The molecule has 1 heterocycles. The molecule has 0 aromatic heterocycles. The molecule has 0 spiro atoms. The molecule has 0 bridgehead atoms. The molecule has 0 aromatic carbocycles. The van der Waals surface area contributed by atoms with E-state index in [9.17, 15) is 5.11 Å². The molecule has 0 aromatic rings. The van der Waals surface area contributed by atoms with Crippen molar-refractivity contribution in [3.8, 4) is 0 Å². The van der Waals surface area contributed by atoms with Gasteiger partial charge in [0.1, 0.15) is 34.5 Å². The maximum Gasteiger partial charge on any atom is 0.109 e. The van der Waals surface area contributed by atoms with Crippen LogP contribution in [-0.4, -0.2) is 28.8 Å². The molecule has 1 aliphatic heterocycles. The van der Waals surface area contributed by atoms with Gasteiger partial charge in [-0.25, -0.2) is 0 Å². The summed E-state index contributed by atoms with van der Waals surface area (Å²) in [6.07, 6.45) is 1.80. The molecule has 1 fully saturated rings. The zero-order chi connectivity index (χ0) is 7.45. The van der Waals surface area contributed by atoms with Gasteiger partial charge in [0.25, 0.3) is 0 Å². The van der Waals surface area contributed by atoms with Crippen LogP contribution in [0.5, 0.6) is 0 Å². The molecule has 1 rings (SSSR count). The van der Waals surface area contributed by atoms with E-state index >= 15 is 0 Å². The average Bonchev–Trinajstić information content (AvgIpc) is 1.89. The Kier molecular flexibility index (Phi) is 3.76. The predicted octanol–water partition coefficient (Wildman–Crippen LogP) is 0.693. The summed E-state index contributed by atoms with van der Waals surface area (Å²) >= 11 is 3.32. The van der Waals surface area contributed by atoms with Crippen LogP contribution in [-0.2, 0) is 14.8 Å². The molecule has 0 unspecified atom stereocenters. The molecule has 4 heteroatoms. The third-order valence-corrected chi connectivity index (χ3v) is 3.18. The van der Waals surface area contributed by atoms with Crippen LogP contribution in [0, 0.1) is 0 Å². The first kappa shape index (κ1) is 9.09. The highest BCUT2D eigenvalue weighted by Crippen LogP contribution is 2.21. The largest absolute Gasteiger partial charge is 0.387 e. The molecule has 1 saturated heterocycles. The molecule has 0 saturated carbocycles. The van der Waals surface area contributed by atoms with E-state index in [0.717, 1.165) is 24.3 Å². The maximum absolute atomic E-state index is 9.74. The number of thiol groups is 1. The fourth-order valence-electron chi connectivity index (χ4n) is 1.06. The lowest BCUT2D eigenvalue weighted by molar-refractivity contribution is 0.000640. The number of halogens is 1. The highest BCUT2D eigenvalue weighted by Gasteiger charge is 2.32. The Bertz CT molecular complexity index is 98.4. The molecule has 0 amide bonds. The lowest BCUT2D eigenvalue weighted by atomic mass is 9.98. The smallest absolute Gasteiger partial charge is 0.109 e. The molecule has 0 atom stereocenters. The average molecular weight is 275 g/mol. The van der Waals surface area contributed by atoms with Crippen LogP contribution in [0.25, 0.3) is 0 Å². The van der Waals surface area contributed by atoms with Gasteiger partial charge in [-0.2, -0.15) is 0 Å². The monoisotopic (exact) mass is 275 g/mol. The Labute approximate surface area is 79.4 Å². The summed E-state index contributed by atoms with van der Waals surface area (Å²) in [7, 11) is 0. The van der Waals surface area contributed by atoms with E-state index in [0.29, 0.717) is 6.61 Å². The van der Waals surface area contributed by atoms with E-state index in [2.05, 4.69) is 0 Å². The number of rotatable bonds is 2. The zero-order valence-corrected chi connectivity index (χ0v) is 8.77. The van der Waals surface area contributed by atoms with Crippen LogP contribution < -0.4 is 0 Å². The van der Waals surface area contributed by atoms with E-state index in [1.54, 1.807) is 0 Å². The molecule has 0 radical (unpaired) electrons. The molecule has 2 nitrogen and oxygen atoms in total. The van der Waals surface area contributed by atoms with Crippen LogP contribution >= 0.6 is 23.0 Å². The van der Waals surface area contributed by atoms with Crippen molar-refractivity contribution in [1.82, 2.24) is 0 Å². The van der Waals surface area contributed by atoms with Gasteiger partial charge in [0.05, 0.1) is 12.2 Å². The lowest BCUT2D eigenvalue weighted by Gasteiger charge is -2.26. The van der Waals surface area contributed by atoms with Gasteiger partial charge in [0.2, 0.25) is 0 Å². The molecular formula is C6H12IO2S+. The highest BCUT2D eigenvalue weighted by atomic mass is 127. The van der Waals surface area contributed by atoms with Crippen LogP contribution in [0.3, 0.4) is 0 Å². The second-order valence-corrected chi connectivity index (χ2v) is 4.61. The molecule has 10 heavy (non-hydrogen) atoms. The number of hydrogen-bond acceptors (Lipinski definition) is 2. The quantitative estimate of drug-likeness (QED) is 0.456. The van der Waals surface area contributed by atoms with E-state index in [4.69, 9.17) is 3.07 Å². The summed E-state index contributed by atoms with van der Waals surface area (Å²) in [5.74, 6) is 2.24. The van der Waals surface area contributed by atoms with Gasteiger partial charge in [-0.3, -0.25) is 0 Å². The fraction of sp³-hybridized carbons (Fsp3) is 1.00. The van der Waals surface area contributed by atoms with Gasteiger partial charge in [0.15, 0.2) is 0 Å². The van der Waals surface area contributed by atoms with Crippen molar-refractivity contribution < 1.29 is 8.17 Å². The minimum atomic E-state index is -0.507. The number of hydrogen-bond donors (Lipinski definition) is 1. The van der Waals surface area contributed by atoms with Crippen LogP contribution in [0.4, 0.5) is 0 Å². The first-order chi connectivity index (χ1) is 4.77. The second kappa shape index (κ2) is 4.13. The highest BCUT2D eigenvalue weighted by molar-refractivity contribution is 14.1. The van der Waals surface area contributed by atoms with Crippen molar-refractivity contribution in [2.24, 2.45) is 0 Å². The first-order valence-corrected chi connectivity index (χ1v) is 5.51. The van der Waals surface area contributed by atoms with Crippen molar-refractivity contribution in [2.45, 2.75) is 18.4 Å². The van der Waals surface area contributed by atoms with Crippen LogP contribution in [0.15, 0.2) is 0 Å². The lowest BCUT2D eigenvalue weighted by Crippen LogP contribution is -2.39.